The van der Waals surface area contributed by atoms with Gasteiger partial charge in [0, 0.05) is 19.8 Å². The molecule has 0 aromatic heterocycles. The Hall–Kier alpha value is 0.0700. The molecule has 5 nitrogen and oxygen atoms in total. The third-order valence-corrected chi connectivity index (χ3v) is 10.8. The van der Waals surface area contributed by atoms with Gasteiger partial charge in [-0.05, 0) is 12.8 Å². The average molecular weight is 659 g/mol. The van der Waals surface area contributed by atoms with E-state index < -0.39 is 13.7 Å². The Kier molecular flexibility index (Phi) is 35.4. The topological polar surface area (TPSA) is 87.6 Å². The molecular weight excluding hydrogens is 575 g/mol. The molecule has 0 saturated heterocycles. The van der Waals surface area contributed by atoms with Gasteiger partial charge in [-0.3, -0.25) is 4.57 Å². The normalized spacial score (nSPS) is 13.3. The predicted octanol–water partition coefficient (Wildman–Crippen LogP) is 13.0. The Morgan fingerprint density at radius 3 is 0.867 bits per heavy atom. The van der Waals surface area contributed by atoms with Crippen molar-refractivity contribution in [1.29, 1.82) is 0 Å². The van der Waals surface area contributed by atoms with E-state index in [4.69, 9.17) is 20.5 Å². The Bertz CT molecular complexity index is 583. The van der Waals surface area contributed by atoms with Crippen molar-refractivity contribution in [3.63, 3.8) is 0 Å². The lowest BCUT2D eigenvalue weighted by molar-refractivity contribution is 0.109. The molecule has 1 unspecified atom stereocenters. The molecule has 0 aliphatic rings. The molecular formula is C39H83N2O3P. The Morgan fingerprint density at radius 2 is 0.622 bits per heavy atom. The fourth-order valence-electron chi connectivity index (χ4n) is 6.49. The SMILES string of the molecule is CCCCCCCCCCCCCCCCCC(CCCCCCCCCCCCCCCCC)OP(C)(=O)OC(CN)CN. The Balaban J connectivity index is 4.05. The van der Waals surface area contributed by atoms with E-state index in [0.29, 0.717) is 0 Å². The molecule has 0 aromatic rings. The second-order valence-electron chi connectivity index (χ2n) is 14.2. The van der Waals surface area contributed by atoms with Gasteiger partial charge in [0.15, 0.2) is 0 Å². The maximum atomic E-state index is 13.1. The van der Waals surface area contributed by atoms with Crippen LogP contribution in [-0.2, 0) is 13.6 Å². The van der Waals surface area contributed by atoms with Gasteiger partial charge in [-0.1, -0.05) is 206 Å². The first-order chi connectivity index (χ1) is 22.0. The first-order valence-corrected chi connectivity index (χ1v) is 22.3. The smallest absolute Gasteiger partial charge is 0.328 e. The molecule has 6 heteroatoms. The molecule has 0 bridgehead atoms. The van der Waals surface area contributed by atoms with E-state index in [0.717, 1.165) is 25.7 Å². The zero-order chi connectivity index (χ0) is 33.1. The van der Waals surface area contributed by atoms with E-state index in [9.17, 15) is 4.57 Å². The van der Waals surface area contributed by atoms with Crippen LogP contribution in [0.4, 0.5) is 0 Å². The number of hydrogen-bond acceptors (Lipinski definition) is 5. The molecule has 0 spiro atoms. The number of nitrogens with two attached hydrogens (primary N) is 2. The maximum Gasteiger partial charge on any atom is 0.328 e. The van der Waals surface area contributed by atoms with Crippen molar-refractivity contribution in [1.82, 2.24) is 0 Å². The number of hydrogen-bond donors (Lipinski definition) is 2. The summed E-state index contributed by atoms with van der Waals surface area (Å²) in [7, 11) is -3.18. The van der Waals surface area contributed by atoms with Crippen LogP contribution >= 0.6 is 7.60 Å². The van der Waals surface area contributed by atoms with Crippen molar-refractivity contribution >= 4 is 7.60 Å². The summed E-state index contributed by atoms with van der Waals surface area (Å²) in [5.74, 6) is 0. The summed E-state index contributed by atoms with van der Waals surface area (Å²) >= 11 is 0. The highest BCUT2D eigenvalue weighted by Gasteiger charge is 2.26. The monoisotopic (exact) mass is 659 g/mol. The summed E-state index contributed by atoms with van der Waals surface area (Å²) < 4.78 is 25.0. The summed E-state index contributed by atoms with van der Waals surface area (Å²) in [5, 5.41) is 0. The van der Waals surface area contributed by atoms with E-state index in [1.807, 2.05) is 0 Å². The van der Waals surface area contributed by atoms with Gasteiger partial charge in [0.1, 0.15) is 0 Å². The minimum absolute atomic E-state index is 0.000905. The van der Waals surface area contributed by atoms with E-state index in [1.54, 1.807) is 6.66 Å². The lowest BCUT2D eigenvalue weighted by Crippen LogP contribution is -2.31. The van der Waals surface area contributed by atoms with Gasteiger partial charge in [0.05, 0.1) is 12.2 Å². The van der Waals surface area contributed by atoms with Gasteiger partial charge in [0.25, 0.3) is 0 Å². The minimum atomic E-state index is -3.18. The fourth-order valence-corrected chi connectivity index (χ4v) is 8.00. The first kappa shape index (κ1) is 45.1. The van der Waals surface area contributed by atoms with Crippen molar-refractivity contribution in [2.75, 3.05) is 19.8 Å². The summed E-state index contributed by atoms with van der Waals surface area (Å²) in [6, 6.07) is 0. The van der Waals surface area contributed by atoms with Crippen LogP contribution in [0, 0.1) is 0 Å². The quantitative estimate of drug-likeness (QED) is 0.0509. The molecule has 0 saturated carbocycles. The summed E-state index contributed by atoms with van der Waals surface area (Å²) in [6.45, 7) is 6.70. The molecule has 0 aromatic carbocycles. The lowest BCUT2D eigenvalue weighted by Gasteiger charge is -2.25. The molecule has 1 atom stereocenters. The van der Waals surface area contributed by atoms with Crippen LogP contribution in [-0.4, -0.2) is 32.0 Å². The van der Waals surface area contributed by atoms with Gasteiger partial charge in [-0.25, -0.2) is 0 Å². The highest BCUT2D eigenvalue weighted by Crippen LogP contribution is 2.47. The Labute approximate surface area is 283 Å². The first-order valence-electron chi connectivity index (χ1n) is 20.3. The van der Waals surface area contributed by atoms with E-state index >= 15 is 0 Å². The van der Waals surface area contributed by atoms with E-state index in [-0.39, 0.29) is 19.2 Å². The van der Waals surface area contributed by atoms with Crippen molar-refractivity contribution in [2.45, 2.75) is 232 Å². The van der Waals surface area contributed by atoms with Crippen molar-refractivity contribution < 1.29 is 13.6 Å². The third-order valence-electron chi connectivity index (χ3n) is 9.47. The highest BCUT2D eigenvalue weighted by molar-refractivity contribution is 7.53. The van der Waals surface area contributed by atoms with Crippen molar-refractivity contribution in [2.24, 2.45) is 11.5 Å². The van der Waals surface area contributed by atoms with Crippen LogP contribution < -0.4 is 11.5 Å². The van der Waals surface area contributed by atoms with Crippen molar-refractivity contribution in [3.8, 4) is 0 Å². The zero-order valence-corrected chi connectivity index (χ0v) is 31.9. The van der Waals surface area contributed by atoms with Crippen LogP contribution in [0.5, 0.6) is 0 Å². The largest absolute Gasteiger partial charge is 0.328 e. The molecule has 4 N–H and O–H groups in total. The van der Waals surface area contributed by atoms with Gasteiger partial charge < -0.3 is 20.5 Å². The number of unbranched alkanes of at least 4 members (excludes halogenated alkanes) is 28. The predicted molar refractivity (Wildman–Crippen MR) is 200 cm³/mol. The third kappa shape index (κ3) is 33.8. The maximum absolute atomic E-state index is 13.1. The molecule has 0 heterocycles. The molecule has 45 heavy (non-hydrogen) atoms. The Morgan fingerprint density at radius 1 is 0.400 bits per heavy atom. The standard InChI is InChI=1S/C39H83N2O3P/c1-4-6-8-10-12-14-16-18-20-22-24-26-28-30-32-34-38(43-45(3,42)44-39(36-40)37-41)35-33-31-29-27-25-23-21-19-17-15-13-11-9-7-5-2/h38-39H,4-37,40-41H2,1-3H3. The zero-order valence-electron chi connectivity index (χ0n) is 31.0. The van der Waals surface area contributed by atoms with Crippen LogP contribution in [0.3, 0.4) is 0 Å². The molecule has 0 rings (SSSR count). The van der Waals surface area contributed by atoms with Crippen LogP contribution in [0.2, 0.25) is 0 Å². The van der Waals surface area contributed by atoms with Gasteiger partial charge >= 0.3 is 7.60 Å². The van der Waals surface area contributed by atoms with Crippen molar-refractivity contribution in [3.05, 3.63) is 0 Å². The second kappa shape index (κ2) is 35.4. The number of rotatable bonds is 38. The summed E-state index contributed by atoms with van der Waals surface area (Å²) in [6.07, 6.45) is 42.5. The van der Waals surface area contributed by atoms with E-state index in [2.05, 4.69) is 13.8 Å². The summed E-state index contributed by atoms with van der Waals surface area (Å²) in [4.78, 5) is 0. The van der Waals surface area contributed by atoms with Crippen LogP contribution in [0.1, 0.15) is 219 Å². The van der Waals surface area contributed by atoms with E-state index in [1.165, 1.54) is 180 Å². The molecule has 0 fully saturated rings. The van der Waals surface area contributed by atoms with Gasteiger partial charge in [-0.2, -0.15) is 0 Å². The van der Waals surface area contributed by atoms with Crippen LogP contribution in [0.15, 0.2) is 0 Å². The van der Waals surface area contributed by atoms with Gasteiger partial charge in [0.2, 0.25) is 0 Å². The molecule has 0 radical (unpaired) electrons. The minimum Gasteiger partial charge on any atom is -0.328 e. The molecule has 272 valence electrons. The summed E-state index contributed by atoms with van der Waals surface area (Å²) in [5.41, 5.74) is 11.5. The van der Waals surface area contributed by atoms with Gasteiger partial charge in [-0.15, -0.1) is 0 Å². The second-order valence-corrected chi connectivity index (χ2v) is 16.1. The lowest BCUT2D eigenvalue weighted by atomic mass is 10.0. The van der Waals surface area contributed by atoms with Crippen LogP contribution in [0.25, 0.3) is 0 Å². The molecule has 0 aliphatic carbocycles. The highest BCUT2D eigenvalue weighted by atomic mass is 31.2. The fraction of sp³-hybridized carbons (Fsp3) is 1.00. The average Bonchev–Trinajstić information content (AvgIpc) is 3.03. The molecule has 0 aliphatic heterocycles. The molecule has 0 amide bonds.